The highest BCUT2D eigenvalue weighted by Crippen LogP contribution is 2.24. The number of rotatable bonds is 6. The summed E-state index contributed by atoms with van der Waals surface area (Å²) in [6.07, 6.45) is 1.29. The van der Waals surface area contributed by atoms with Gasteiger partial charge in [0, 0.05) is 19.6 Å². The maximum Gasteiger partial charge on any atom is 0.237 e. The Kier molecular flexibility index (Phi) is 6.01. The molecule has 1 N–H and O–H groups in total. The lowest BCUT2D eigenvalue weighted by Crippen LogP contribution is -2.51. The van der Waals surface area contributed by atoms with Crippen molar-refractivity contribution in [2.45, 2.75) is 46.6 Å². The van der Waals surface area contributed by atoms with Gasteiger partial charge in [-0.2, -0.15) is 0 Å². The van der Waals surface area contributed by atoms with Gasteiger partial charge in [-0.05, 0) is 32.6 Å². The van der Waals surface area contributed by atoms with Crippen molar-refractivity contribution in [2.24, 2.45) is 11.3 Å². The molecule has 1 rings (SSSR count). The average Bonchev–Trinajstić information content (AvgIpc) is 2.76. The van der Waals surface area contributed by atoms with Gasteiger partial charge in [0.2, 0.25) is 11.8 Å². The van der Waals surface area contributed by atoms with Crippen LogP contribution in [-0.2, 0) is 19.4 Å². The van der Waals surface area contributed by atoms with E-state index in [1.807, 2.05) is 0 Å². The molecule has 1 aliphatic heterocycles. The average molecular weight is 332 g/mol. The number of hydrogen-bond donors (Lipinski definition) is 1. The molecule has 0 aliphatic carbocycles. The first-order chi connectivity index (χ1) is 9.97. The van der Waals surface area contributed by atoms with Gasteiger partial charge >= 0.3 is 0 Å². The van der Waals surface area contributed by atoms with Gasteiger partial charge in [0.25, 0.3) is 0 Å². The molecule has 0 radical (unpaired) electrons. The summed E-state index contributed by atoms with van der Waals surface area (Å²) in [5.74, 6) is -0.0793. The van der Waals surface area contributed by atoms with Crippen LogP contribution in [0.4, 0.5) is 0 Å². The summed E-state index contributed by atoms with van der Waals surface area (Å²) in [7, 11) is -1.48. The van der Waals surface area contributed by atoms with Crippen molar-refractivity contribution in [3.63, 3.8) is 0 Å². The standard InChI is InChI=1S/C15H28N2O4S/c1-11(2)6-8-16-13(18)15(3,4)14(19)17(5)12-7-9-22(20,21)10-12/h11-12H,6-10H2,1-5H3,(H,16,18). The van der Waals surface area contributed by atoms with Crippen molar-refractivity contribution in [1.82, 2.24) is 10.2 Å². The van der Waals surface area contributed by atoms with Crippen LogP contribution in [-0.4, -0.2) is 56.3 Å². The van der Waals surface area contributed by atoms with Crippen molar-refractivity contribution in [3.05, 3.63) is 0 Å². The van der Waals surface area contributed by atoms with Gasteiger partial charge in [-0.25, -0.2) is 8.42 Å². The zero-order valence-corrected chi connectivity index (χ0v) is 15.0. The van der Waals surface area contributed by atoms with Crippen molar-refractivity contribution >= 4 is 21.7 Å². The number of amides is 2. The van der Waals surface area contributed by atoms with Crippen molar-refractivity contribution in [1.29, 1.82) is 0 Å². The lowest BCUT2D eigenvalue weighted by atomic mass is 9.89. The van der Waals surface area contributed by atoms with Gasteiger partial charge in [0.15, 0.2) is 9.84 Å². The molecule has 0 aromatic carbocycles. The monoisotopic (exact) mass is 332 g/mol. The van der Waals surface area contributed by atoms with Gasteiger partial charge < -0.3 is 10.2 Å². The molecule has 22 heavy (non-hydrogen) atoms. The van der Waals surface area contributed by atoms with E-state index in [2.05, 4.69) is 19.2 Å². The van der Waals surface area contributed by atoms with Gasteiger partial charge in [-0.3, -0.25) is 9.59 Å². The zero-order valence-electron chi connectivity index (χ0n) is 14.2. The molecule has 1 atom stereocenters. The molecule has 0 aromatic heterocycles. The molecule has 7 heteroatoms. The summed E-state index contributed by atoms with van der Waals surface area (Å²) in [5.41, 5.74) is -1.20. The zero-order chi connectivity index (χ0) is 17.1. The van der Waals surface area contributed by atoms with E-state index in [0.717, 1.165) is 6.42 Å². The van der Waals surface area contributed by atoms with Crippen molar-refractivity contribution in [3.8, 4) is 0 Å². The van der Waals surface area contributed by atoms with Crippen LogP contribution in [0, 0.1) is 11.3 Å². The third-order valence-electron chi connectivity index (χ3n) is 4.19. The van der Waals surface area contributed by atoms with E-state index in [1.54, 1.807) is 20.9 Å². The van der Waals surface area contributed by atoms with Crippen LogP contribution >= 0.6 is 0 Å². The number of nitrogens with one attached hydrogen (secondary N) is 1. The van der Waals surface area contributed by atoms with Crippen LogP contribution in [0.1, 0.15) is 40.5 Å². The Bertz CT molecular complexity index is 526. The summed E-state index contributed by atoms with van der Waals surface area (Å²) >= 11 is 0. The normalized spacial score (nSPS) is 20.9. The number of carbonyl (C=O) groups is 2. The minimum atomic E-state index is -3.06. The fourth-order valence-electron chi connectivity index (χ4n) is 2.48. The Morgan fingerprint density at radius 2 is 1.91 bits per heavy atom. The maximum absolute atomic E-state index is 12.6. The second-order valence-electron chi connectivity index (χ2n) is 7.04. The third kappa shape index (κ3) is 4.69. The molecule has 0 saturated carbocycles. The molecule has 1 saturated heterocycles. The first-order valence-corrected chi connectivity index (χ1v) is 9.55. The van der Waals surface area contributed by atoms with Crippen LogP contribution in [0.3, 0.4) is 0 Å². The Balaban J connectivity index is 2.67. The highest BCUT2D eigenvalue weighted by atomic mass is 32.2. The van der Waals surface area contributed by atoms with E-state index < -0.39 is 15.3 Å². The molecule has 128 valence electrons. The van der Waals surface area contributed by atoms with E-state index in [4.69, 9.17) is 0 Å². The van der Waals surface area contributed by atoms with Gasteiger partial charge in [0.1, 0.15) is 5.41 Å². The van der Waals surface area contributed by atoms with E-state index in [1.165, 1.54) is 4.90 Å². The first-order valence-electron chi connectivity index (χ1n) is 7.73. The predicted octanol–water partition coefficient (Wildman–Crippen LogP) is 0.820. The summed E-state index contributed by atoms with van der Waals surface area (Å²) in [6, 6.07) is -0.333. The largest absolute Gasteiger partial charge is 0.355 e. The fraction of sp³-hybridized carbons (Fsp3) is 0.867. The highest BCUT2D eigenvalue weighted by Gasteiger charge is 2.42. The van der Waals surface area contributed by atoms with Crippen molar-refractivity contribution < 1.29 is 18.0 Å². The quantitative estimate of drug-likeness (QED) is 0.730. The summed E-state index contributed by atoms with van der Waals surface area (Å²) < 4.78 is 23.1. The van der Waals surface area contributed by atoms with Crippen LogP contribution in [0.15, 0.2) is 0 Å². The van der Waals surface area contributed by atoms with Crippen LogP contribution in [0.2, 0.25) is 0 Å². The lowest BCUT2D eigenvalue weighted by Gasteiger charge is -2.31. The summed E-state index contributed by atoms with van der Waals surface area (Å²) in [5, 5.41) is 2.79. The number of hydrogen-bond acceptors (Lipinski definition) is 4. The molecule has 1 heterocycles. The predicted molar refractivity (Wildman–Crippen MR) is 86.1 cm³/mol. The van der Waals surface area contributed by atoms with Crippen molar-refractivity contribution in [2.75, 3.05) is 25.1 Å². The number of carbonyl (C=O) groups excluding carboxylic acids is 2. The fourth-order valence-corrected chi connectivity index (χ4v) is 4.25. The Morgan fingerprint density at radius 1 is 1.32 bits per heavy atom. The van der Waals surface area contributed by atoms with Gasteiger partial charge in [-0.15, -0.1) is 0 Å². The molecule has 0 aromatic rings. The number of sulfone groups is 1. The van der Waals surface area contributed by atoms with Crippen LogP contribution in [0.5, 0.6) is 0 Å². The smallest absolute Gasteiger partial charge is 0.237 e. The molecule has 1 unspecified atom stereocenters. The molecule has 1 aliphatic rings. The minimum Gasteiger partial charge on any atom is -0.355 e. The molecular weight excluding hydrogens is 304 g/mol. The Labute approximate surface area is 133 Å². The van der Waals surface area contributed by atoms with Crippen LogP contribution < -0.4 is 5.32 Å². The van der Waals surface area contributed by atoms with Gasteiger partial charge in [0.05, 0.1) is 11.5 Å². The Morgan fingerprint density at radius 3 is 2.36 bits per heavy atom. The highest BCUT2D eigenvalue weighted by molar-refractivity contribution is 7.91. The summed E-state index contributed by atoms with van der Waals surface area (Å²) in [4.78, 5) is 26.3. The van der Waals surface area contributed by atoms with E-state index in [0.29, 0.717) is 18.9 Å². The summed E-state index contributed by atoms with van der Waals surface area (Å²) in [6.45, 7) is 7.84. The second kappa shape index (κ2) is 6.98. The number of nitrogens with zero attached hydrogens (tertiary/aromatic N) is 1. The Hall–Kier alpha value is -1.11. The van der Waals surface area contributed by atoms with E-state index in [-0.39, 0.29) is 29.4 Å². The van der Waals surface area contributed by atoms with E-state index >= 15 is 0 Å². The van der Waals surface area contributed by atoms with Gasteiger partial charge in [-0.1, -0.05) is 13.8 Å². The molecular formula is C15H28N2O4S. The van der Waals surface area contributed by atoms with E-state index in [9.17, 15) is 18.0 Å². The molecule has 0 spiro atoms. The second-order valence-corrected chi connectivity index (χ2v) is 9.27. The molecule has 1 fully saturated rings. The SMILES string of the molecule is CC(C)CCNC(=O)C(C)(C)C(=O)N(C)C1CCS(=O)(=O)C1. The maximum atomic E-state index is 12.6. The first kappa shape index (κ1) is 18.9. The van der Waals surface area contributed by atoms with Crippen LogP contribution in [0.25, 0.3) is 0 Å². The topological polar surface area (TPSA) is 83.6 Å². The molecule has 0 bridgehead atoms. The lowest BCUT2D eigenvalue weighted by molar-refractivity contribution is -0.148. The molecule has 6 nitrogen and oxygen atoms in total. The molecule has 2 amide bonds. The minimum absolute atomic E-state index is 0.0136. The third-order valence-corrected chi connectivity index (χ3v) is 5.94.